The number of ether oxygens (including phenoxy) is 2. The minimum atomic E-state index is -4.14. The van der Waals surface area contributed by atoms with Gasteiger partial charge in [-0.15, -0.1) is 0 Å². The lowest BCUT2D eigenvalue weighted by Crippen LogP contribution is -2.45. The second-order valence-corrected chi connectivity index (χ2v) is 6.82. The first-order chi connectivity index (χ1) is 11.4. The quantitative estimate of drug-likeness (QED) is 0.887. The van der Waals surface area contributed by atoms with Crippen LogP contribution in [-0.4, -0.2) is 25.4 Å². The highest BCUT2D eigenvalue weighted by molar-refractivity contribution is 5.48. The van der Waals surface area contributed by atoms with Crippen LogP contribution in [0.4, 0.5) is 13.2 Å². The van der Waals surface area contributed by atoms with Crippen LogP contribution in [0.1, 0.15) is 43.7 Å². The first kappa shape index (κ1) is 17.4. The van der Waals surface area contributed by atoms with Gasteiger partial charge in [-0.05, 0) is 31.9 Å². The third-order valence-corrected chi connectivity index (χ3v) is 5.04. The predicted molar refractivity (Wildman–Crippen MR) is 85.4 cm³/mol. The van der Waals surface area contributed by atoms with Gasteiger partial charge in [0.2, 0.25) is 0 Å². The Morgan fingerprint density at radius 3 is 2.71 bits per heavy atom. The zero-order valence-electron chi connectivity index (χ0n) is 14.1. The molecule has 0 aromatic heterocycles. The molecule has 2 aliphatic rings. The van der Waals surface area contributed by atoms with Gasteiger partial charge in [0.25, 0.3) is 0 Å². The van der Waals surface area contributed by atoms with Gasteiger partial charge in [0.15, 0.2) is 0 Å². The van der Waals surface area contributed by atoms with E-state index in [1.807, 2.05) is 19.1 Å². The first-order valence-electron chi connectivity index (χ1n) is 8.55. The van der Waals surface area contributed by atoms with Gasteiger partial charge in [0.1, 0.15) is 17.6 Å². The number of halogens is 3. The first-order valence-corrected chi connectivity index (χ1v) is 8.55. The molecule has 1 aromatic carbocycles. The topological polar surface area (TPSA) is 30.5 Å². The molecule has 0 amide bonds. The molecule has 0 spiro atoms. The molecule has 1 aromatic rings. The molecule has 3 nitrogen and oxygen atoms in total. The molecule has 1 heterocycles. The third kappa shape index (κ3) is 3.63. The molecule has 134 valence electrons. The Hall–Kier alpha value is -1.43. The van der Waals surface area contributed by atoms with Crippen molar-refractivity contribution in [3.8, 4) is 11.5 Å². The maximum atomic E-state index is 13.2. The highest BCUT2D eigenvalue weighted by atomic mass is 19.4. The Morgan fingerprint density at radius 1 is 1.25 bits per heavy atom. The van der Waals surface area contributed by atoms with Crippen molar-refractivity contribution in [2.75, 3.05) is 7.11 Å². The monoisotopic (exact) mass is 343 g/mol. The Balaban J connectivity index is 1.73. The van der Waals surface area contributed by atoms with Crippen LogP contribution in [0.5, 0.6) is 11.5 Å². The summed E-state index contributed by atoms with van der Waals surface area (Å²) in [4.78, 5) is 0. The molecule has 6 heteroatoms. The van der Waals surface area contributed by atoms with Crippen molar-refractivity contribution < 1.29 is 22.6 Å². The zero-order valence-corrected chi connectivity index (χ0v) is 14.1. The molecule has 1 saturated carbocycles. The van der Waals surface area contributed by atoms with Crippen LogP contribution >= 0.6 is 0 Å². The maximum Gasteiger partial charge on any atom is 0.393 e. The Kier molecular flexibility index (Phi) is 4.95. The summed E-state index contributed by atoms with van der Waals surface area (Å²) in [6.45, 7) is 2.35. The summed E-state index contributed by atoms with van der Waals surface area (Å²) in [6, 6.07) is 3.31. The van der Waals surface area contributed by atoms with Crippen molar-refractivity contribution >= 4 is 0 Å². The Morgan fingerprint density at radius 2 is 2.00 bits per heavy atom. The predicted octanol–water partition coefficient (Wildman–Crippen LogP) is 4.23. The number of hydrogen-bond acceptors (Lipinski definition) is 3. The van der Waals surface area contributed by atoms with Crippen molar-refractivity contribution in [2.45, 2.75) is 63.9 Å². The number of benzene rings is 1. The average Bonchev–Trinajstić information content (AvgIpc) is 2.90. The van der Waals surface area contributed by atoms with E-state index in [-0.39, 0.29) is 12.5 Å². The summed E-state index contributed by atoms with van der Waals surface area (Å²) in [7, 11) is 1.59. The van der Waals surface area contributed by atoms with Crippen molar-refractivity contribution in [3.63, 3.8) is 0 Å². The van der Waals surface area contributed by atoms with Crippen molar-refractivity contribution in [3.05, 3.63) is 23.3 Å². The SMILES string of the molecule is COc1cc2c(cc1CNC1CCCCC1C(F)(F)F)OC(C)C2. The highest BCUT2D eigenvalue weighted by Gasteiger charge is 2.45. The molecule has 1 aliphatic carbocycles. The van der Waals surface area contributed by atoms with Crippen LogP contribution in [0.3, 0.4) is 0 Å². The molecule has 0 bridgehead atoms. The number of alkyl halides is 3. The minimum Gasteiger partial charge on any atom is -0.496 e. The van der Waals surface area contributed by atoms with Gasteiger partial charge in [0.05, 0.1) is 13.0 Å². The van der Waals surface area contributed by atoms with Crippen LogP contribution in [-0.2, 0) is 13.0 Å². The summed E-state index contributed by atoms with van der Waals surface area (Å²) in [5.74, 6) is 0.261. The number of fused-ring (bicyclic) bond motifs is 1. The number of nitrogens with one attached hydrogen (secondary N) is 1. The molecular weight excluding hydrogens is 319 g/mol. The normalized spacial score (nSPS) is 26.8. The van der Waals surface area contributed by atoms with Gasteiger partial charge < -0.3 is 14.8 Å². The molecule has 24 heavy (non-hydrogen) atoms. The lowest BCUT2D eigenvalue weighted by Gasteiger charge is -2.33. The van der Waals surface area contributed by atoms with Crippen LogP contribution in [0.15, 0.2) is 12.1 Å². The standard InChI is InChI=1S/C18H24F3NO2/c1-11-7-12-8-16(23-2)13(9-17(12)24-11)10-22-15-6-4-3-5-14(15)18(19,20)21/h8-9,11,14-15,22H,3-7,10H2,1-2H3. The second kappa shape index (κ2) is 6.82. The Bertz CT molecular complexity index is 588. The van der Waals surface area contributed by atoms with E-state index in [1.165, 1.54) is 0 Å². The summed E-state index contributed by atoms with van der Waals surface area (Å²) in [6.07, 6.45) is -0.922. The molecule has 1 fully saturated rings. The molecule has 0 saturated heterocycles. The van der Waals surface area contributed by atoms with E-state index in [9.17, 15) is 13.2 Å². The van der Waals surface area contributed by atoms with Crippen LogP contribution < -0.4 is 14.8 Å². The largest absolute Gasteiger partial charge is 0.496 e. The minimum absolute atomic E-state index is 0.126. The molecule has 1 N–H and O–H groups in total. The summed E-state index contributed by atoms with van der Waals surface area (Å²) in [5, 5.41) is 3.12. The zero-order chi connectivity index (χ0) is 17.3. The summed E-state index contributed by atoms with van der Waals surface area (Å²) < 4.78 is 50.8. The average molecular weight is 343 g/mol. The van der Waals surface area contributed by atoms with Gasteiger partial charge in [-0.3, -0.25) is 0 Å². The van der Waals surface area contributed by atoms with E-state index in [0.29, 0.717) is 25.1 Å². The van der Waals surface area contributed by atoms with Gasteiger partial charge >= 0.3 is 6.18 Å². The van der Waals surface area contributed by atoms with Gasteiger partial charge in [-0.2, -0.15) is 13.2 Å². The fourth-order valence-electron chi connectivity index (χ4n) is 3.82. The molecule has 0 radical (unpaired) electrons. The smallest absolute Gasteiger partial charge is 0.393 e. The van der Waals surface area contributed by atoms with Gasteiger partial charge in [-0.1, -0.05) is 12.8 Å². The van der Waals surface area contributed by atoms with E-state index in [1.54, 1.807) is 7.11 Å². The van der Waals surface area contributed by atoms with E-state index in [4.69, 9.17) is 9.47 Å². The number of hydrogen-bond donors (Lipinski definition) is 1. The van der Waals surface area contributed by atoms with Crippen LogP contribution in [0, 0.1) is 5.92 Å². The fraction of sp³-hybridized carbons (Fsp3) is 0.667. The lowest BCUT2D eigenvalue weighted by molar-refractivity contribution is -0.189. The lowest BCUT2D eigenvalue weighted by atomic mass is 9.84. The molecule has 3 atom stereocenters. The number of rotatable bonds is 4. The highest BCUT2D eigenvalue weighted by Crippen LogP contribution is 2.39. The summed E-state index contributed by atoms with van der Waals surface area (Å²) in [5.41, 5.74) is 1.94. The Labute approximate surface area is 140 Å². The fourth-order valence-corrected chi connectivity index (χ4v) is 3.82. The summed E-state index contributed by atoms with van der Waals surface area (Å²) >= 11 is 0. The second-order valence-electron chi connectivity index (χ2n) is 6.82. The molecule has 1 aliphatic heterocycles. The van der Waals surface area contributed by atoms with Gasteiger partial charge in [0, 0.05) is 30.1 Å². The van der Waals surface area contributed by atoms with E-state index < -0.39 is 18.1 Å². The van der Waals surface area contributed by atoms with E-state index in [0.717, 1.165) is 29.7 Å². The van der Waals surface area contributed by atoms with Crippen LogP contribution in [0.25, 0.3) is 0 Å². The van der Waals surface area contributed by atoms with Crippen molar-refractivity contribution in [1.29, 1.82) is 0 Å². The number of methoxy groups -OCH3 is 1. The van der Waals surface area contributed by atoms with E-state index >= 15 is 0 Å². The van der Waals surface area contributed by atoms with Crippen LogP contribution in [0.2, 0.25) is 0 Å². The molecule has 3 unspecified atom stereocenters. The molecular formula is C18H24F3NO2. The molecule has 3 rings (SSSR count). The van der Waals surface area contributed by atoms with E-state index in [2.05, 4.69) is 5.32 Å². The third-order valence-electron chi connectivity index (χ3n) is 5.04. The van der Waals surface area contributed by atoms with Crippen molar-refractivity contribution in [2.24, 2.45) is 5.92 Å². The maximum absolute atomic E-state index is 13.2. The van der Waals surface area contributed by atoms with Crippen molar-refractivity contribution in [1.82, 2.24) is 5.32 Å². The van der Waals surface area contributed by atoms with Gasteiger partial charge in [-0.25, -0.2) is 0 Å².